The van der Waals surface area contributed by atoms with Gasteiger partial charge < -0.3 is 15.3 Å². The summed E-state index contributed by atoms with van der Waals surface area (Å²) in [6.07, 6.45) is -5.33. The fraction of sp³-hybridized carbons (Fsp3) is 0.833. The molecule has 1 fully saturated rings. The van der Waals surface area contributed by atoms with Crippen molar-refractivity contribution in [3.63, 3.8) is 0 Å². The fourth-order valence-corrected chi connectivity index (χ4v) is 2.13. The van der Waals surface area contributed by atoms with Crippen molar-refractivity contribution in [3.05, 3.63) is 0 Å². The molecule has 1 aliphatic heterocycles. The van der Waals surface area contributed by atoms with E-state index in [4.69, 9.17) is 5.11 Å². The summed E-state index contributed by atoms with van der Waals surface area (Å²) in [6, 6.07) is -1.48. The van der Waals surface area contributed by atoms with Crippen LogP contribution in [-0.4, -0.2) is 71.8 Å². The van der Waals surface area contributed by atoms with Gasteiger partial charge >= 0.3 is 18.2 Å². The maximum atomic E-state index is 12.2. The van der Waals surface area contributed by atoms with Crippen molar-refractivity contribution in [2.24, 2.45) is 0 Å². The van der Waals surface area contributed by atoms with Crippen molar-refractivity contribution in [2.75, 3.05) is 32.7 Å². The summed E-state index contributed by atoms with van der Waals surface area (Å²) in [5, 5.41) is 10.9. The van der Waals surface area contributed by atoms with Crippen molar-refractivity contribution in [1.82, 2.24) is 15.1 Å². The molecule has 1 heterocycles. The summed E-state index contributed by atoms with van der Waals surface area (Å²) in [5.74, 6) is -0.879. The number of aliphatic carboxylic acids is 1. The Labute approximate surface area is 120 Å². The number of nitrogens with zero attached hydrogens (tertiary/aromatic N) is 2. The molecule has 0 aromatic rings. The number of carboxylic acids is 1. The number of amides is 2. The quantitative estimate of drug-likeness (QED) is 0.798. The van der Waals surface area contributed by atoms with Crippen LogP contribution < -0.4 is 5.32 Å². The molecular weight excluding hydrogens is 291 g/mol. The number of piperazine rings is 1. The maximum Gasteiger partial charge on any atom is 0.391 e. The molecule has 1 rings (SSSR count). The van der Waals surface area contributed by atoms with Crippen LogP contribution in [0.5, 0.6) is 0 Å². The lowest BCUT2D eigenvalue weighted by Gasteiger charge is -2.35. The maximum absolute atomic E-state index is 12.2. The first-order valence-corrected chi connectivity index (χ1v) is 6.73. The minimum absolute atomic E-state index is 0.0365. The van der Waals surface area contributed by atoms with Gasteiger partial charge in [0.15, 0.2) is 0 Å². The Morgan fingerprint density at radius 2 is 1.81 bits per heavy atom. The molecule has 0 bridgehead atoms. The average molecular weight is 311 g/mol. The molecular formula is C12H20F3N3O3. The molecule has 2 N–H and O–H groups in total. The summed E-state index contributed by atoms with van der Waals surface area (Å²) in [7, 11) is 0. The number of rotatable bonds is 5. The average Bonchev–Trinajstić information content (AvgIpc) is 2.34. The van der Waals surface area contributed by atoms with Crippen LogP contribution in [0.1, 0.15) is 19.8 Å². The Morgan fingerprint density at radius 3 is 2.29 bits per heavy atom. The van der Waals surface area contributed by atoms with Gasteiger partial charge in [-0.15, -0.1) is 0 Å². The van der Waals surface area contributed by atoms with Gasteiger partial charge in [-0.2, -0.15) is 13.2 Å². The zero-order valence-electron chi connectivity index (χ0n) is 11.8. The SMILES string of the molecule is CC(CC(F)(F)F)NC(=O)N1CCN(CCC(=O)O)CC1. The van der Waals surface area contributed by atoms with Gasteiger partial charge in [0, 0.05) is 38.8 Å². The van der Waals surface area contributed by atoms with Crippen molar-refractivity contribution in [1.29, 1.82) is 0 Å². The van der Waals surface area contributed by atoms with Gasteiger partial charge in [-0.1, -0.05) is 0 Å². The number of hydrogen-bond donors (Lipinski definition) is 2. The molecule has 0 aromatic carbocycles. The van der Waals surface area contributed by atoms with E-state index in [0.29, 0.717) is 32.7 Å². The van der Waals surface area contributed by atoms with Gasteiger partial charge in [-0.25, -0.2) is 4.79 Å². The standard InChI is InChI=1S/C12H20F3N3O3/c1-9(8-12(13,14)15)16-11(21)18-6-4-17(5-7-18)3-2-10(19)20/h9H,2-8H2,1H3,(H,16,21)(H,19,20). The Morgan fingerprint density at radius 1 is 1.24 bits per heavy atom. The number of alkyl halides is 3. The number of carbonyl (C=O) groups is 2. The summed E-state index contributed by atoms with van der Waals surface area (Å²) >= 11 is 0. The van der Waals surface area contributed by atoms with E-state index < -0.39 is 30.6 Å². The largest absolute Gasteiger partial charge is 0.481 e. The van der Waals surface area contributed by atoms with Crippen LogP contribution in [0.25, 0.3) is 0 Å². The van der Waals surface area contributed by atoms with Crippen LogP contribution >= 0.6 is 0 Å². The third kappa shape index (κ3) is 7.16. The molecule has 0 aromatic heterocycles. The lowest BCUT2D eigenvalue weighted by molar-refractivity contribution is -0.139. The molecule has 6 nitrogen and oxygen atoms in total. The van der Waals surface area contributed by atoms with Crippen molar-refractivity contribution in [2.45, 2.75) is 32.0 Å². The smallest absolute Gasteiger partial charge is 0.391 e. The first kappa shape index (κ1) is 17.5. The molecule has 9 heteroatoms. The Kier molecular flexibility index (Phi) is 6.25. The van der Waals surface area contributed by atoms with Crippen LogP contribution in [0.3, 0.4) is 0 Å². The normalized spacial score (nSPS) is 18.4. The minimum atomic E-state index is -4.30. The summed E-state index contributed by atoms with van der Waals surface area (Å²) in [4.78, 5) is 25.6. The van der Waals surface area contributed by atoms with Gasteiger partial charge in [-0.05, 0) is 6.92 Å². The van der Waals surface area contributed by atoms with Gasteiger partial charge in [-0.3, -0.25) is 9.69 Å². The lowest BCUT2D eigenvalue weighted by Crippen LogP contribution is -2.53. The molecule has 1 saturated heterocycles. The molecule has 122 valence electrons. The van der Waals surface area contributed by atoms with Crippen LogP contribution in [0.4, 0.5) is 18.0 Å². The summed E-state index contributed by atoms with van der Waals surface area (Å²) < 4.78 is 36.5. The molecule has 0 saturated carbocycles. The second-order valence-electron chi connectivity index (χ2n) is 5.14. The van der Waals surface area contributed by atoms with E-state index in [-0.39, 0.29) is 6.42 Å². The van der Waals surface area contributed by atoms with E-state index in [1.807, 2.05) is 4.90 Å². The highest BCUT2D eigenvalue weighted by Crippen LogP contribution is 2.21. The first-order valence-electron chi connectivity index (χ1n) is 6.73. The Balaban J connectivity index is 2.30. The Hall–Kier alpha value is -1.51. The zero-order valence-corrected chi connectivity index (χ0v) is 11.8. The zero-order chi connectivity index (χ0) is 16.0. The van der Waals surface area contributed by atoms with Gasteiger partial charge in [0.1, 0.15) is 0 Å². The highest BCUT2D eigenvalue weighted by molar-refractivity contribution is 5.74. The van der Waals surface area contributed by atoms with E-state index in [0.717, 1.165) is 0 Å². The van der Waals surface area contributed by atoms with Gasteiger partial charge in [0.2, 0.25) is 0 Å². The second-order valence-corrected chi connectivity index (χ2v) is 5.14. The van der Waals surface area contributed by atoms with E-state index >= 15 is 0 Å². The molecule has 21 heavy (non-hydrogen) atoms. The molecule has 0 radical (unpaired) electrons. The predicted octanol–water partition coefficient (Wildman–Crippen LogP) is 1.13. The van der Waals surface area contributed by atoms with Crippen molar-refractivity contribution >= 4 is 12.0 Å². The highest BCUT2D eigenvalue weighted by Gasteiger charge is 2.31. The number of carboxylic acid groups (broad SMARTS) is 1. The molecule has 2 amide bonds. The topological polar surface area (TPSA) is 72.9 Å². The summed E-state index contributed by atoms with van der Waals surface area (Å²) in [5.41, 5.74) is 0. The number of urea groups is 1. The number of halogens is 3. The van der Waals surface area contributed by atoms with E-state index in [9.17, 15) is 22.8 Å². The third-order valence-electron chi connectivity index (χ3n) is 3.21. The lowest BCUT2D eigenvalue weighted by atomic mass is 10.2. The molecule has 0 aliphatic carbocycles. The minimum Gasteiger partial charge on any atom is -0.481 e. The molecule has 0 spiro atoms. The van der Waals surface area contributed by atoms with Crippen LogP contribution in [-0.2, 0) is 4.79 Å². The molecule has 1 unspecified atom stereocenters. The van der Waals surface area contributed by atoms with Crippen LogP contribution in [0.2, 0.25) is 0 Å². The summed E-state index contributed by atoms with van der Waals surface area (Å²) in [6.45, 7) is 3.53. The molecule has 1 atom stereocenters. The van der Waals surface area contributed by atoms with Crippen LogP contribution in [0, 0.1) is 0 Å². The fourth-order valence-electron chi connectivity index (χ4n) is 2.13. The van der Waals surface area contributed by atoms with Crippen LogP contribution in [0.15, 0.2) is 0 Å². The highest BCUT2D eigenvalue weighted by atomic mass is 19.4. The second kappa shape index (κ2) is 7.48. The molecule has 1 aliphatic rings. The van der Waals surface area contributed by atoms with E-state index in [1.54, 1.807) is 0 Å². The third-order valence-corrected chi connectivity index (χ3v) is 3.21. The monoisotopic (exact) mass is 311 g/mol. The number of hydrogen-bond acceptors (Lipinski definition) is 3. The first-order chi connectivity index (χ1) is 9.67. The van der Waals surface area contributed by atoms with E-state index in [1.165, 1.54) is 11.8 Å². The van der Waals surface area contributed by atoms with Crippen molar-refractivity contribution in [3.8, 4) is 0 Å². The number of nitrogens with one attached hydrogen (secondary N) is 1. The van der Waals surface area contributed by atoms with E-state index in [2.05, 4.69) is 5.32 Å². The Bertz CT molecular complexity index is 368. The predicted molar refractivity (Wildman–Crippen MR) is 68.9 cm³/mol. The van der Waals surface area contributed by atoms with Gasteiger partial charge in [0.05, 0.1) is 12.8 Å². The number of carbonyl (C=O) groups excluding carboxylic acids is 1. The van der Waals surface area contributed by atoms with Gasteiger partial charge in [0.25, 0.3) is 0 Å². The van der Waals surface area contributed by atoms with Crippen molar-refractivity contribution < 1.29 is 27.9 Å².